The molecule has 1 saturated carbocycles. The summed E-state index contributed by atoms with van der Waals surface area (Å²) in [7, 11) is 3.43. The van der Waals surface area contributed by atoms with Crippen molar-refractivity contribution in [3.05, 3.63) is 65.0 Å². The fourth-order valence-electron chi connectivity index (χ4n) is 5.38. The van der Waals surface area contributed by atoms with Crippen molar-refractivity contribution in [1.82, 2.24) is 25.4 Å². The number of hydrogen-bond donors (Lipinski definition) is 2. The van der Waals surface area contributed by atoms with Gasteiger partial charge in [0, 0.05) is 62.6 Å². The summed E-state index contributed by atoms with van der Waals surface area (Å²) in [5, 5.41) is 5.33. The van der Waals surface area contributed by atoms with Crippen molar-refractivity contribution in [2.24, 2.45) is 0 Å². The molecule has 1 aromatic heterocycles. The maximum absolute atomic E-state index is 12.9. The summed E-state index contributed by atoms with van der Waals surface area (Å²) in [6.45, 7) is 1.29. The first-order valence-electron chi connectivity index (χ1n) is 13.2. The first-order chi connectivity index (χ1) is 18.5. The third-order valence-corrected chi connectivity index (χ3v) is 7.52. The van der Waals surface area contributed by atoms with E-state index >= 15 is 0 Å². The van der Waals surface area contributed by atoms with Gasteiger partial charge >= 0.3 is 6.18 Å². The van der Waals surface area contributed by atoms with Gasteiger partial charge in [-0.2, -0.15) is 13.2 Å². The minimum Gasteiger partial charge on any atom is -0.350 e. The Bertz CT molecular complexity index is 1180. The average Bonchev–Trinajstić information content (AvgIpc) is 3.39. The lowest BCUT2D eigenvalue weighted by atomic mass is 9.83. The number of halogens is 3. The van der Waals surface area contributed by atoms with E-state index in [1.165, 1.54) is 17.0 Å². The Hall–Kier alpha value is -3.47. The number of aromatic nitrogens is 1. The molecule has 0 bridgehead atoms. The molecule has 210 valence electrons. The number of carbonyl (C=O) groups excluding carboxylic acids is 3. The van der Waals surface area contributed by atoms with Gasteiger partial charge in [-0.25, -0.2) is 0 Å². The van der Waals surface area contributed by atoms with Crippen molar-refractivity contribution < 1.29 is 27.6 Å². The lowest BCUT2D eigenvalue weighted by Gasteiger charge is -2.34. The van der Waals surface area contributed by atoms with Crippen LogP contribution >= 0.6 is 0 Å². The van der Waals surface area contributed by atoms with Gasteiger partial charge in [0.2, 0.25) is 5.91 Å². The van der Waals surface area contributed by atoms with Crippen molar-refractivity contribution in [3.63, 3.8) is 0 Å². The number of nitrogens with one attached hydrogen (secondary N) is 2. The van der Waals surface area contributed by atoms with E-state index in [2.05, 4.69) is 20.5 Å². The minimum absolute atomic E-state index is 0.0378. The van der Waals surface area contributed by atoms with Crippen LogP contribution in [-0.2, 0) is 11.0 Å². The predicted octanol–water partition coefficient (Wildman–Crippen LogP) is 3.45. The van der Waals surface area contributed by atoms with Gasteiger partial charge < -0.3 is 15.5 Å². The van der Waals surface area contributed by atoms with E-state index in [1.54, 1.807) is 20.3 Å². The van der Waals surface area contributed by atoms with Crippen LogP contribution in [0.4, 0.5) is 13.2 Å². The minimum atomic E-state index is -4.54. The lowest BCUT2D eigenvalue weighted by molar-refractivity contribution is -0.137. The van der Waals surface area contributed by atoms with Crippen molar-refractivity contribution >= 4 is 17.7 Å². The van der Waals surface area contributed by atoms with Gasteiger partial charge in [-0.15, -0.1) is 0 Å². The zero-order chi connectivity index (χ0) is 28.2. The molecule has 0 unspecified atom stereocenters. The van der Waals surface area contributed by atoms with Gasteiger partial charge in [0.1, 0.15) is 0 Å². The van der Waals surface area contributed by atoms with Gasteiger partial charge in [0.05, 0.1) is 17.7 Å². The predicted molar refractivity (Wildman–Crippen MR) is 139 cm³/mol. The summed E-state index contributed by atoms with van der Waals surface area (Å²) in [5.74, 6) is -0.794. The summed E-state index contributed by atoms with van der Waals surface area (Å²) < 4.78 is 38.6. The second-order valence-electron chi connectivity index (χ2n) is 10.5. The van der Waals surface area contributed by atoms with Crippen LogP contribution in [-0.4, -0.2) is 78.3 Å². The standard InChI is InChI=1S/C28H34F3N5O3/c1-35(2)27(39)20-8-11-24(32-15-20)18-6-9-23(10-7-18)36-13-12-22(17-36)34-25(37)16-33-26(38)19-4-3-5-21(14-19)28(29,30)31/h3-5,8,11,14-15,18,22-23H,6-7,9-10,12-13,16-17H2,1-2H3,(H,33,38)(H,34,37)/t18?,22-,23?/m1/s1. The Morgan fingerprint density at radius 2 is 1.77 bits per heavy atom. The highest BCUT2D eigenvalue weighted by molar-refractivity contribution is 5.96. The van der Waals surface area contributed by atoms with Gasteiger partial charge in [-0.1, -0.05) is 6.07 Å². The van der Waals surface area contributed by atoms with Crippen LogP contribution in [0.2, 0.25) is 0 Å². The molecule has 1 aromatic carbocycles. The molecule has 0 radical (unpaired) electrons. The molecular formula is C28H34F3N5O3. The van der Waals surface area contributed by atoms with Crippen molar-refractivity contribution in [2.45, 2.75) is 56.3 Å². The fraction of sp³-hybridized carbons (Fsp3) is 0.500. The first kappa shape index (κ1) is 28.5. The molecule has 39 heavy (non-hydrogen) atoms. The second kappa shape index (κ2) is 12.1. The summed E-state index contributed by atoms with van der Waals surface area (Å²) in [6, 6.07) is 8.30. The van der Waals surface area contributed by atoms with E-state index in [4.69, 9.17) is 0 Å². The number of pyridine rings is 1. The number of benzene rings is 1. The van der Waals surface area contributed by atoms with E-state index in [0.717, 1.165) is 63.0 Å². The molecule has 1 saturated heterocycles. The molecule has 2 N–H and O–H groups in total. The topological polar surface area (TPSA) is 94.6 Å². The molecule has 11 heteroatoms. The molecule has 1 atom stereocenters. The Labute approximate surface area is 226 Å². The van der Waals surface area contributed by atoms with Crippen molar-refractivity contribution in [3.8, 4) is 0 Å². The zero-order valence-electron chi connectivity index (χ0n) is 22.1. The normalized spacial score (nSPS) is 21.8. The zero-order valence-corrected chi connectivity index (χ0v) is 22.1. The Kier molecular flexibility index (Phi) is 8.89. The van der Waals surface area contributed by atoms with Gasteiger partial charge in [-0.3, -0.25) is 24.3 Å². The molecule has 2 aliphatic rings. The van der Waals surface area contributed by atoms with Crippen LogP contribution in [0.25, 0.3) is 0 Å². The van der Waals surface area contributed by atoms with Crippen LogP contribution in [0.5, 0.6) is 0 Å². The highest BCUT2D eigenvalue weighted by Crippen LogP contribution is 2.35. The van der Waals surface area contributed by atoms with Gasteiger partial charge in [-0.05, 0) is 62.4 Å². The molecule has 8 nitrogen and oxygen atoms in total. The van der Waals surface area contributed by atoms with Crippen LogP contribution in [0.1, 0.15) is 70.0 Å². The van der Waals surface area contributed by atoms with E-state index in [0.29, 0.717) is 17.5 Å². The van der Waals surface area contributed by atoms with Gasteiger partial charge in [0.25, 0.3) is 11.8 Å². The smallest absolute Gasteiger partial charge is 0.350 e. The van der Waals surface area contributed by atoms with E-state index in [9.17, 15) is 27.6 Å². The largest absolute Gasteiger partial charge is 0.416 e. The van der Waals surface area contributed by atoms with Crippen molar-refractivity contribution in [1.29, 1.82) is 0 Å². The second-order valence-corrected chi connectivity index (χ2v) is 10.5. The molecule has 1 aliphatic carbocycles. The summed E-state index contributed by atoms with van der Waals surface area (Å²) in [5.41, 5.74) is 0.541. The van der Waals surface area contributed by atoms with E-state index < -0.39 is 17.6 Å². The van der Waals surface area contributed by atoms with E-state index in [-0.39, 0.29) is 30.0 Å². The van der Waals surface area contributed by atoms with Crippen molar-refractivity contribution in [2.75, 3.05) is 33.7 Å². The molecule has 2 heterocycles. The summed E-state index contributed by atoms with van der Waals surface area (Å²) >= 11 is 0. The molecule has 0 spiro atoms. The Morgan fingerprint density at radius 1 is 1.03 bits per heavy atom. The fourth-order valence-corrected chi connectivity index (χ4v) is 5.38. The third-order valence-electron chi connectivity index (χ3n) is 7.52. The monoisotopic (exact) mass is 545 g/mol. The number of likely N-dealkylation sites (tertiary alicyclic amines) is 1. The maximum atomic E-state index is 12.9. The maximum Gasteiger partial charge on any atom is 0.416 e. The highest BCUT2D eigenvalue weighted by Gasteiger charge is 2.33. The summed E-state index contributed by atoms with van der Waals surface area (Å²) in [6.07, 6.45) is 1.98. The number of carbonyl (C=O) groups is 3. The molecule has 2 fully saturated rings. The van der Waals surface area contributed by atoms with Crippen LogP contribution in [0.15, 0.2) is 42.6 Å². The van der Waals surface area contributed by atoms with E-state index in [1.807, 2.05) is 12.1 Å². The molecule has 4 rings (SSSR count). The van der Waals surface area contributed by atoms with Gasteiger partial charge in [0.15, 0.2) is 0 Å². The Balaban J connectivity index is 1.19. The number of amides is 3. The van der Waals surface area contributed by atoms with Crippen LogP contribution in [0, 0.1) is 0 Å². The molecule has 3 amide bonds. The quantitative estimate of drug-likeness (QED) is 0.556. The molecule has 1 aliphatic heterocycles. The van der Waals surface area contributed by atoms with Crippen LogP contribution < -0.4 is 10.6 Å². The Morgan fingerprint density at radius 3 is 2.41 bits per heavy atom. The number of alkyl halides is 3. The number of rotatable bonds is 7. The highest BCUT2D eigenvalue weighted by atomic mass is 19.4. The molecule has 2 aromatic rings. The number of nitrogens with zero attached hydrogens (tertiary/aromatic N) is 3. The first-order valence-corrected chi connectivity index (χ1v) is 13.2. The SMILES string of the molecule is CN(C)C(=O)c1ccc(C2CCC(N3CC[C@@H](NC(=O)CNC(=O)c4cccc(C(F)(F)F)c4)C3)CC2)nc1. The summed E-state index contributed by atoms with van der Waals surface area (Å²) in [4.78, 5) is 45.2. The number of hydrogen-bond acceptors (Lipinski definition) is 5. The lowest BCUT2D eigenvalue weighted by Crippen LogP contribution is -2.44. The van der Waals surface area contributed by atoms with Crippen LogP contribution in [0.3, 0.4) is 0 Å². The average molecular weight is 546 g/mol. The molecular weight excluding hydrogens is 511 g/mol. The third kappa shape index (κ3) is 7.35.